The quantitative estimate of drug-likeness (QED) is 0.743. The second-order valence-electron chi connectivity index (χ2n) is 7.78. The molecule has 0 heterocycles. The minimum absolute atomic E-state index is 0.0881. The van der Waals surface area contributed by atoms with E-state index in [1.165, 1.54) is 17.3 Å². The molecule has 2 N–H and O–H groups in total. The van der Waals surface area contributed by atoms with Gasteiger partial charge in [-0.25, -0.2) is 9.59 Å². The summed E-state index contributed by atoms with van der Waals surface area (Å²) < 4.78 is 5.32. The predicted octanol–water partition coefficient (Wildman–Crippen LogP) is 4.37. The zero-order chi connectivity index (χ0) is 20.3. The maximum absolute atomic E-state index is 12.3. The van der Waals surface area contributed by atoms with Crippen LogP contribution in [-0.4, -0.2) is 40.3 Å². The molecule has 28 heavy (non-hydrogen) atoms. The smallest absolute Gasteiger partial charge is 0.408 e. The van der Waals surface area contributed by atoms with Gasteiger partial charge in [-0.15, -0.1) is 0 Å². The molecule has 0 aliphatic heterocycles. The number of carboxylic acids is 1. The van der Waals surface area contributed by atoms with Gasteiger partial charge in [-0.3, -0.25) is 0 Å². The van der Waals surface area contributed by atoms with Crippen molar-refractivity contribution in [1.29, 1.82) is 0 Å². The molecular weight excluding hydrogens is 374 g/mol. The Labute approximate surface area is 169 Å². The minimum atomic E-state index is -1.07. The van der Waals surface area contributed by atoms with Crippen LogP contribution >= 0.6 is 11.8 Å². The summed E-state index contributed by atoms with van der Waals surface area (Å²) in [7, 11) is 0. The number of alkyl carbamates (subject to hydrolysis) is 1. The normalized spacial score (nSPS) is 18.5. The monoisotopic (exact) mass is 399 g/mol. The van der Waals surface area contributed by atoms with Gasteiger partial charge in [-0.2, -0.15) is 11.8 Å². The van der Waals surface area contributed by atoms with Crippen LogP contribution < -0.4 is 5.32 Å². The van der Waals surface area contributed by atoms with Crippen molar-refractivity contribution in [3.8, 4) is 0 Å². The fourth-order valence-corrected chi connectivity index (χ4v) is 4.18. The van der Waals surface area contributed by atoms with Crippen LogP contribution in [-0.2, 0) is 9.53 Å². The highest BCUT2D eigenvalue weighted by molar-refractivity contribution is 8.00. The number of hydrogen-bond acceptors (Lipinski definition) is 4. The number of benzene rings is 1. The second kappa shape index (κ2) is 8.27. The van der Waals surface area contributed by atoms with Crippen molar-refractivity contribution in [2.24, 2.45) is 0 Å². The SMILES string of the molecule is CC(C)(C)SC[C@@H](NC(=O)OCC1=C2C=CC=CC2c2ccccc21)C(=O)O. The van der Waals surface area contributed by atoms with Crippen molar-refractivity contribution in [1.82, 2.24) is 5.32 Å². The zero-order valence-electron chi connectivity index (χ0n) is 16.3. The number of aliphatic carboxylic acids is 1. The number of carbonyl (C=O) groups excluding carboxylic acids is 1. The average molecular weight is 400 g/mol. The molecule has 1 aromatic rings. The van der Waals surface area contributed by atoms with Crippen molar-refractivity contribution in [2.45, 2.75) is 37.5 Å². The number of thioether (sulfide) groups is 1. The van der Waals surface area contributed by atoms with Crippen molar-refractivity contribution in [3.05, 3.63) is 65.3 Å². The van der Waals surface area contributed by atoms with Gasteiger partial charge in [0, 0.05) is 22.0 Å². The summed E-state index contributed by atoms with van der Waals surface area (Å²) in [6, 6.07) is 7.09. The van der Waals surface area contributed by atoms with Crippen LogP contribution in [0.3, 0.4) is 0 Å². The van der Waals surface area contributed by atoms with Crippen LogP contribution in [0.15, 0.2) is 54.1 Å². The molecule has 1 amide bonds. The highest BCUT2D eigenvalue weighted by Gasteiger charge is 2.30. The molecule has 2 aliphatic rings. The molecule has 0 aromatic heterocycles. The van der Waals surface area contributed by atoms with Crippen LogP contribution in [0.5, 0.6) is 0 Å². The van der Waals surface area contributed by atoms with Crippen LogP contribution in [0, 0.1) is 0 Å². The molecule has 2 atom stereocenters. The van der Waals surface area contributed by atoms with Crippen LogP contribution in [0.4, 0.5) is 4.79 Å². The molecule has 2 aliphatic carbocycles. The van der Waals surface area contributed by atoms with Gasteiger partial charge in [0.2, 0.25) is 0 Å². The number of amides is 1. The van der Waals surface area contributed by atoms with Crippen molar-refractivity contribution in [3.63, 3.8) is 0 Å². The third-order valence-corrected chi connectivity index (χ3v) is 5.98. The third kappa shape index (κ3) is 4.68. The summed E-state index contributed by atoms with van der Waals surface area (Å²) in [5, 5.41) is 11.8. The molecule has 0 bridgehead atoms. The summed E-state index contributed by atoms with van der Waals surface area (Å²) in [6.07, 6.45) is 7.45. The van der Waals surface area contributed by atoms with E-state index in [-0.39, 0.29) is 23.0 Å². The maximum Gasteiger partial charge on any atom is 0.408 e. The summed E-state index contributed by atoms with van der Waals surface area (Å²) in [5.41, 5.74) is 4.36. The Kier molecular flexibility index (Phi) is 5.98. The molecule has 0 saturated heterocycles. The number of fused-ring (bicyclic) bond motifs is 3. The molecule has 0 saturated carbocycles. The standard InChI is InChI=1S/C22H25NO4S/c1-22(2,3)28-13-19(20(24)25)23-21(26)27-12-18-16-10-6-4-8-14(16)15-9-5-7-11-17(15)18/h4-11,14,19H,12-13H2,1-3H3,(H,23,26)(H,24,25)/t14?,19-/m1/s1. The van der Waals surface area contributed by atoms with E-state index in [0.29, 0.717) is 0 Å². The Morgan fingerprint density at radius 3 is 2.71 bits per heavy atom. The van der Waals surface area contributed by atoms with E-state index < -0.39 is 18.1 Å². The molecule has 1 unspecified atom stereocenters. The molecule has 0 spiro atoms. The van der Waals surface area contributed by atoms with Gasteiger partial charge in [0.25, 0.3) is 0 Å². The molecular formula is C22H25NO4S. The van der Waals surface area contributed by atoms with E-state index in [4.69, 9.17) is 4.74 Å². The molecule has 3 rings (SSSR count). The van der Waals surface area contributed by atoms with E-state index >= 15 is 0 Å². The number of carboxylic acid groups (broad SMARTS) is 1. The zero-order valence-corrected chi connectivity index (χ0v) is 17.1. The summed E-state index contributed by atoms with van der Waals surface area (Å²) >= 11 is 1.48. The number of ether oxygens (including phenoxy) is 1. The Morgan fingerprint density at radius 2 is 2.00 bits per heavy atom. The largest absolute Gasteiger partial charge is 0.480 e. The topological polar surface area (TPSA) is 75.6 Å². The number of hydrogen-bond donors (Lipinski definition) is 2. The lowest BCUT2D eigenvalue weighted by Gasteiger charge is -2.21. The molecule has 6 heteroatoms. The van der Waals surface area contributed by atoms with Gasteiger partial charge < -0.3 is 15.2 Å². The number of carbonyl (C=O) groups is 2. The van der Waals surface area contributed by atoms with E-state index in [2.05, 4.69) is 17.5 Å². The summed E-state index contributed by atoms with van der Waals surface area (Å²) in [5.74, 6) is -0.611. The summed E-state index contributed by atoms with van der Waals surface area (Å²) in [4.78, 5) is 23.7. The van der Waals surface area contributed by atoms with Gasteiger partial charge >= 0.3 is 12.1 Å². The summed E-state index contributed by atoms with van der Waals surface area (Å²) in [6.45, 7) is 6.11. The molecule has 1 aromatic carbocycles. The van der Waals surface area contributed by atoms with E-state index in [9.17, 15) is 14.7 Å². The van der Waals surface area contributed by atoms with Gasteiger partial charge in [0.05, 0.1) is 0 Å². The van der Waals surface area contributed by atoms with Gasteiger partial charge in [0.15, 0.2) is 0 Å². The van der Waals surface area contributed by atoms with E-state index in [1.54, 1.807) is 0 Å². The van der Waals surface area contributed by atoms with Crippen LogP contribution in [0.1, 0.15) is 37.8 Å². The molecule has 0 radical (unpaired) electrons. The number of allylic oxidation sites excluding steroid dienone is 5. The third-order valence-electron chi connectivity index (χ3n) is 4.62. The second-order valence-corrected chi connectivity index (χ2v) is 9.62. The van der Waals surface area contributed by atoms with Crippen molar-refractivity contribution in [2.75, 3.05) is 12.4 Å². The number of rotatable bonds is 6. The average Bonchev–Trinajstić information content (AvgIpc) is 2.96. The fraction of sp³-hybridized carbons (Fsp3) is 0.364. The van der Waals surface area contributed by atoms with Gasteiger partial charge in [0.1, 0.15) is 12.6 Å². The van der Waals surface area contributed by atoms with Crippen LogP contribution in [0.2, 0.25) is 0 Å². The first-order valence-electron chi connectivity index (χ1n) is 9.23. The molecule has 0 fully saturated rings. The first kappa shape index (κ1) is 20.3. The molecule has 5 nitrogen and oxygen atoms in total. The minimum Gasteiger partial charge on any atom is -0.480 e. The Bertz CT molecular complexity index is 864. The van der Waals surface area contributed by atoms with Gasteiger partial charge in [-0.05, 0) is 16.7 Å². The highest BCUT2D eigenvalue weighted by Crippen LogP contribution is 2.44. The lowest BCUT2D eigenvalue weighted by atomic mass is 9.92. The van der Waals surface area contributed by atoms with Crippen LogP contribution in [0.25, 0.3) is 5.57 Å². The maximum atomic E-state index is 12.3. The Balaban J connectivity index is 1.66. The lowest BCUT2D eigenvalue weighted by molar-refractivity contribution is -0.138. The Morgan fingerprint density at radius 1 is 1.25 bits per heavy atom. The lowest BCUT2D eigenvalue weighted by Crippen LogP contribution is -2.43. The van der Waals surface area contributed by atoms with E-state index in [0.717, 1.165) is 16.7 Å². The van der Waals surface area contributed by atoms with Gasteiger partial charge in [-0.1, -0.05) is 69.3 Å². The first-order chi connectivity index (χ1) is 13.3. The highest BCUT2D eigenvalue weighted by atomic mass is 32.2. The predicted molar refractivity (Wildman–Crippen MR) is 113 cm³/mol. The Hall–Kier alpha value is -2.47. The van der Waals surface area contributed by atoms with Crippen molar-refractivity contribution < 1.29 is 19.4 Å². The van der Waals surface area contributed by atoms with E-state index in [1.807, 2.05) is 57.2 Å². The molecule has 148 valence electrons. The fourth-order valence-electron chi connectivity index (χ4n) is 3.29. The first-order valence-corrected chi connectivity index (χ1v) is 10.2. The number of nitrogens with one attached hydrogen (secondary N) is 1. The van der Waals surface area contributed by atoms with Crippen molar-refractivity contribution >= 4 is 29.4 Å².